The molecule has 0 radical (unpaired) electrons. The maximum absolute atomic E-state index is 11.5. The van der Waals surface area contributed by atoms with Crippen LogP contribution in [0.4, 0.5) is 4.79 Å². The summed E-state index contributed by atoms with van der Waals surface area (Å²) in [6.45, 7) is 3.68. The summed E-state index contributed by atoms with van der Waals surface area (Å²) in [6.07, 6.45) is 1.49. The van der Waals surface area contributed by atoms with Gasteiger partial charge in [0.15, 0.2) is 0 Å². The Labute approximate surface area is 130 Å². The molecule has 0 aromatic heterocycles. The first kappa shape index (κ1) is 17.1. The molecule has 6 nitrogen and oxygen atoms in total. The van der Waals surface area contributed by atoms with Gasteiger partial charge < -0.3 is 10.4 Å². The summed E-state index contributed by atoms with van der Waals surface area (Å²) in [5.41, 5.74) is -0.0363. The van der Waals surface area contributed by atoms with Gasteiger partial charge in [0.05, 0.1) is 16.3 Å². The van der Waals surface area contributed by atoms with Crippen molar-refractivity contribution in [2.45, 2.75) is 4.90 Å². The lowest BCUT2D eigenvalue weighted by Gasteiger charge is -2.06. The molecule has 0 aliphatic rings. The number of rotatable bonds is 6. The van der Waals surface area contributed by atoms with Gasteiger partial charge in [-0.3, -0.25) is 10.1 Å². The normalized spacial score (nSPS) is 9.76. The number of halogens is 1. The number of hydrogen-bond donors (Lipinski definition) is 3. The maximum Gasteiger partial charge on any atom is 0.337 e. The van der Waals surface area contributed by atoms with E-state index in [0.29, 0.717) is 4.90 Å². The Morgan fingerprint density at radius 3 is 2.71 bits per heavy atom. The zero-order chi connectivity index (χ0) is 15.8. The number of carboxylic acid groups (broad SMARTS) is 1. The number of amides is 3. The van der Waals surface area contributed by atoms with Crippen LogP contribution in [-0.4, -0.2) is 35.3 Å². The molecule has 3 N–H and O–H groups in total. The van der Waals surface area contributed by atoms with E-state index in [4.69, 9.17) is 16.7 Å². The number of urea groups is 1. The first-order valence-corrected chi connectivity index (χ1v) is 7.14. The van der Waals surface area contributed by atoms with E-state index in [-0.39, 0.29) is 22.9 Å². The fourth-order valence-electron chi connectivity index (χ4n) is 1.28. The Morgan fingerprint density at radius 1 is 1.38 bits per heavy atom. The third-order valence-electron chi connectivity index (χ3n) is 2.20. The van der Waals surface area contributed by atoms with E-state index in [1.807, 2.05) is 0 Å². The quantitative estimate of drug-likeness (QED) is 0.549. The number of nitrogens with one attached hydrogen (secondary N) is 2. The van der Waals surface area contributed by atoms with Crippen molar-refractivity contribution in [1.82, 2.24) is 10.6 Å². The van der Waals surface area contributed by atoms with Crippen molar-refractivity contribution >= 4 is 41.3 Å². The van der Waals surface area contributed by atoms with Crippen LogP contribution in [-0.2, 0) is 4.79 Å². The summed E-state index contributed by atoms with van der Waals surface area (Å²) in [4.78, 5) is 34.2. The number of carboxylic acids is 1. The summed E-state index contributed by atoms with van der Waals surface area (Å²) in [5.74, 6) is -1.66. The van der Waals surface area contributed by atoms with Gasteiger partial charge in [0, 0.05) is 11.4 Å². The van der Waals surface area contributed by atoms with Crippen LogP contribution in [0.1, 0.15) is 10.4 Å². The molecule has 112 valence electrons. The largest absolute Gasteiger partial charge is 0.478 e. The second kappa shape index (κ2) is 8.33. The third kappa shape index (κ3) is 5.88. The molecule has 1 aromatic carbocycles. The van der Waals surface area contributed by atoms with Crippen LogP contribution in [0.3, 0.4) is 0 Å². The highest BCUT2D eigenvalue weighted by molar-refractivity contribution is 8.00. The van der Waals surface area contributed by atoms with E-state index in [9.17, 15) is 14.4 Å². The predicted octanol–water partition coefficient (Wildman–Crippen LogP) is 2.14. The van der Waals surface area contributed by atoms with Crippen LogP contribution in [0, 0.1) is 0 Å². The van der Waals surface area contributed by atoms with Crippen LogP contribution in [0.5, 0.6) is 0 Å². The fraction of sp³-hybridized carbons (Fsp3) is 0.154. The van der Waals surface area contributed by atoms with Gasteiger partial charge in [0.2, 0.25) is 5.91 Å². The molecule has 1 aromatic rings. The molecule has 0 aliphatic heterocycles. The van der Waals surface area contributed by atoms with Crippen molar-refractivity contribution in [1.29, 1.82) is 0 Å². The van der Waals surface area contributed by atoms with Crippen molar-refractivity contribution in [3.8, 4) is 0 Å². The zero-order valence-electron chi connectivity index (χ0n) is 10.9. The van der Waals surface area contributed by atoms with E-state index in [1.54, 1.807) is 6.07 Å². The average Bonchev–Trinajstić information content (AvgIpc) is 2.43. The first-order chi connectivity index (χ1) is 9.93. The zero-order valence-corrected chi connectivity index (χ0v) is 12.5. The van der Waals surface area contributed by atoms with E-state index in [1.165, 1.54) is 18.2 Å². The number of thioether (sulfide) groups is 1. The van der Waals surface area contributed by atoms with Crippen LogP contribution < -0.4 is 10.6 Å². The number of benzene rings is 1. The van der Waals surface area contributed by atoms with Gasteiger partial charge in [-0.15, -0.1) is 18.3 Å². The minimum atomic E-state index is -1.14. The van der Waals surface area contributed by atoms with Crippen LogP contribution in [0.15, 0.2) is 35.7 Å². The minimum absolute atomic E-state index is 0.0256. The van der Waals surface area contributed by atoms with Gasteiger partial charge >= 0.3 is 12.0 Å². The third-order valence-corrected chi connectivity index (χ3v) is 3.52. The van der Waals surface area contributed by atoms with Crippen molar-refractivity contribution in [2.24, 2.45) is 0 Å². The molecular weight excluding hydrogens is 316 g/mol. The van der Waals surface area contributed by atoms with Crippen molar-refractivity contribution in [2.75, 3.05) is 12.3 Å². The summed E-state index contributed by atoms with van der Waals surface area (Å²) >= 11 is 6.84. The Hall–Kier alpha value is -1.99. The summed E-state index contributed by atoms with van der Waals surface area (Å²) in [5, 5.41) is 13.6. The monoisotopic (exact) mass is 328 g/mol. The number of carbonyl (C=O) groups is 3. The second-order valence-corrected chi connectivity index (χ2v) is 5.24. The van der Waals surface area contributed by atoms with Crippen LogP contribution in [0.2, 0.25) is 5.02 Å². The molecule has 0 unspecified atom stereocenters. The lowest BCUT2D eigenvalue weighted by atomic mass is 10.2. The van der Waals surface area contributed by atoms with Crippen molar-refractivity contribution in [3.05, 3.63) is 41.4 Å². The molecule has 8 heteroatoms. The molecular formula is C13H13ClN2O4S. The second-order valence-electron chi connectivity index (χ2n) is 3.78. The molecule has 0 atom stereocenters. The standard InChI is InChI=1S/C13H13ClN2O4S/c1-2-5-15-13(20)16-11(17)7-21-8-3-4-10(14)9(6-8)12(18)19/h2-4,6H,1,5,7H2,(H,18,19)(H2,15,16,17,20). The molecule has 3 amide bonds. The maximum atomic E-state index is 11.5. The Kier molecular flexibility index (Phi) is 6.77. The Bertz CT molecular complexity index is 577. The lowest BCUT2D eigenvalue weighted by molar-refractivity contribution is -0.117. The highest BCUT2D eigenvalue weighted by Gasteiger charge is 2.11. The van der Waals surface area contributed by atoms with Gasteiger partial charge in [-0.25, -0.2) is 9.59 Å². The van der Waals surface area contributed by atoms with Gasteiger partial charge in [0.25, 0.3) is 0 Å². The van der Waals surface area contributed by atoms with Gasteiger partial charge in [-0.1, -0.05) is 17.7 Å². The average molecular weight is 329 g/mol. The SMILES string of the molecule is C=CCNC(=O)NC(=O)CSc1ccc(Cl)c(C(=O)O)c1. The molecule has 21 heavy (non-hydrogen) atoms. The molecule has 1 rings (SSSR count). The van der Waals surface area contributed by atoms with E-state index in [2.05, 4.69) is 17.2 Å². The molecule has 0 fully saturated rings. The number of hydrogen-bond acceptors (Lipinski definition) is 4. The van der Waals surface area contributed by atoms with Gasteiger partial charge in [-0.05, 0) is 18.2 Å². The smallest absolute Gasteiger partial charge is 0.337 e. The Morgan fingerprint density at radius 2 is 2.10 bits per heavy atom. The minimum Gasteiger partial charge on any atom is -0.478 e. The summed E-state index contributed by atoms with van der Waals surface area (Å²) < 4.78 is 0. The number of carbonyl (C=O) groups excluding carboxylic acids is 2. The highest BCUT2D eigenvalue weighted by atomic mass is 35.5. The van der Waals surface area contributed by atoms with E-state index < -0.39 is 17.9 Å². The number of aromatic carboxylic acids is 1. The van der Waals surface area contributed by atoms with E-state index >= 15 is 0 Å². The van der Waals surface area contributed by atoms with E-state index in [0.717, 1.165) is 11.8 Å². The molecule has 0 saturated carbocycles. The van der Waals surface area contributed by atoms with Crippen molar-refractivity contribution < 1.29 is 19.5 Å². The van der Waals surface area contributed by atoms with Crippen molar-refractivity contribution in [3.63, 3.8) is 0 Å². The van der Waals surface area contributed by atoms with Crippen LogP contribution >= 0.6 is 23.4 Å². The first-order valence-electron chi connectivity index (χ1n) is 5.78. The molecule has 0 spiro atoms. The Balaban J connectivity index is 2.53. The predicted molar refractivity (Wildman–Crippen MR) is 80.9 cm³/mol. The molecule has 0 bridgehead atoms. The highest BCUT2D eigenvalue weighted by Crippen LogP contribution is 2.24. The topological polar surface area (TPSA) is 95.5 Å². The van der Waals surface area contributed by atoms with Crippen LogP contribution in [0.25, 0.3) is 0 Å². The van der Waals surface area contributed by atoms with Gasteiger partial charge in [0.1, 0.15) is 0 Å². The number of imide groups is 1. The lowest BCUT2D eigenvalue weighted by Crippen LogP contribution is -2.40. The summed E-state index contributed by atoms with van der Waals surface area (Å²) in [7, 11) is 0. The fourth-order valence-corrected chi connectivity index (χ4v) is 2.21. The molecule has 0 heterocycles. The summed E-state index contributed by atoms with van der Waals surface area (Å²) in [6, 6.07) is 3.82. The molecule has 0 saturated heterocycles. The van der Waals surface area contributed by atoms with Gasteiger partial charge in [-0.2, -0.15) is 0 Å². The molecule has 0 aliphatic carbocycles.